The molecule has 0 heterocycles. The number of benzene rings is 2. The van der Waals surface area contributed by atoms with Gasteiger partial charge in [-0.2, -0.15) is 0 Å². The molecule has 0 amide bonds. The summed E-state index contributed by atoms with van der Waals surface area (Å²) in [6.45, 7) is 4.90. The first-order valence-corrected chi connectivity index (χ1v) is 7.37. The lowest BCUT2D eigenvalue weighted by Crippen LogP contribution is -2.23. The van der Waals surface area contributed by atoms with Gasteiger partial charge in [-0.15, -0.1) is 0 Å². The third-order valence-corrected chi connectivity index (χ3v) is 3.56. The van der Waals surface area contributed by atoms with Crippen LogP contribution < -0.4 is 10.2 Å². The molecule has 0 fully saturated rings. The number of halogens is 2. The van der Waals surface area contributed by atoms with E-state index in [2.05, 4.69) is 19.2 Å². The summed E-state index contributed by atoms with van der Waals surface area (Å²) in [5.41, 5.74) is 2.52. The minimum absolute atomic E-state index is 0.247. The SMILES string of the molecule is CC(C)NCc1ccc(Cl)cc1N(C)c1ccccc1F. The molecule has 4 heteroatoms. The molecule has 1 N–H and O–H groups in total. The summed E-state index contributed by atoms with van der Waals surface area (Å²) >= 11 is 6.11. The maximum absolute atomic E-state index is 14.0. The first-order valence-electron chi connectivity index (χ1n) is 6.99. The molecule has 0 bridgehead atoms. The van der Waals surface area contributed by atoms with Crippen LogP contribution in [0.4, 0.5) is 15.8 Å². The predicted octanol–water partition coefficient (Wildman–Crippen LogP) is 4.75. The summed E-state index contributed by atoms with van der Waals surface area (Å²) in [7, 11) is 1.85. The van der Waals surface area contributed by atoms with E-state index < -0.39 is 0 Å². The Kier molecular flexibility index (Phi) is 5.21. The molecule has 0 atom stereocenters. The van der Waals surface area contributed by atoms with Crippen LogP contribution in [0.3, 0.4) is 0 Å². The van der Waals surface area contributed by atoms with Gasteiger partial charge in [-0.25, -0.2) is 4.39 Å². The molecule has 0 saturated carbocycles. The number of anilines is 2. The average molecular weight is 307 g/mol. The van der Waals surface area contributed by atoms with Crippen molar-refractivity contribution in [1.82, 2.24) is 5.32 Å². The van der Waals surface area contributed by atoms with Gasteiger partial charge in [0.05, 0.1) is 5.69 Å². The fourth-order valence-electron chi connectivity index (χ4n) is 2.17. The van der Waals surface area contributed by atoms with E-state index in [1.807, 2.05) is 36.2 Å². The van der Waals surface area contributed by atoms with Gasteiger partial charge in [0.15, 0.2) is 0 Å². The van der Waals surface area contributed by atoms with Gasteiger partial charge in [-0.1, -0.05) is 43.6 Å². The molecular weight excluding hydrogens is 287 g/mol. The van der Waals surface area contributed by atoms with Crippen LogP contribution in [0.2, 0.25) is 5.02 Å². The van der Waals surface area contributed by atoms with Crippen LogP contribution in [0, 0.1) is 5.82 Å². The molecule has 0 aliphatic rings. The Morgan fingerprint density at radius 2 is 1.86 bits per heavy atom. The smallest absolute Gasteiger partial charge is 0.146 e. The van der Waals surface area contributed by atoms with Crippen molar-refractivity contribution in [3.8, 4) is 0 Å². The molecule has 21 heavy (non-hydrogen) atoms. The van der Waals surface area contributed by atoms with Crippen molar-refractivity contribution in [2.24, 2.45) is 0 Å². The standard InChI is InChI=1S/C17H20ClFN2/c1-12(2)20-11-13-8-9-14(18)10-17(13)21(3)16-7-5-4-6-15(16)19/h4-10,12,20H,11H2,1-3H3. The van der Waals surface area contributed by atoms with Gasteiger partial charge in [0.1, 0.15) is 5.82 Å². The van der Waals surface area contributed by atoms with Crippen molar-refractivity contribution in [3.63, 3.8) is 0 Å². The molecule has 0 saturated heterocycles. The van der Waals surface area contributed by atoms with Crippen LogP contribution in [0.1, 0.15) is 19.4 Å². The van der Waals surface area contributed by atoms with E-state index in [4.69, 9.17) is 11.6 Å². The van der Waals surface area contributed by atoms with Gasteiger partial charge < -0.3 is 10.2 Å². The van der Waals surface area contributed by atoms with E-state index in [1.165, 1.54) is 6.07 Å². The monoisotopic (exact) mass is 306 g/mol. The van der Waals surface area contributed by atoms with Crippen LogP contribution in [0.15, 0.2) is 42.5 Å². The molecule has 0 aliphatic carbocycles. The second-order valence-electron chi connectivity index (χ2n) is 5.32. The normalized spacial score (nSPS) is 11.0. The van der Waals surface area contributed by atoms with Gasteiger partial charge in [0, 0.05) is 30.3 Å². The molecule has 112 valence electrons. The highest BCUT2D eigenvalue weighted by atomic mass is 35.5. The van der Waals surface area contributed by atoms with Crippen molar-refractivity contribution in [3.05, 3.63) is 58.9 Å². The van der Waals surface area contributed by atoms with Crippen LogP contribution in [0.5, 0.6) is 0 Å². The maximum atomic E-state index is 14.0. The van der Waals surface area contributed by atoms with Crippen molar-refractivity contribution in [2.45, 2.75) is 26.4 Å². The Morgan fingerprint density at radius 1 is 1.14 bits per heavy atom. The molecule has 0 aromatic heterocycles. The second-order valence-corrected chi connectivity index (χ2v) is 5.76. The van der Waals surface area contributed by atoms with Crippen molar-refractivity contribution in [1.29, 1.82) is 0 Å². The lowest BCUT2D eigenvalue weighted by Gasteiger charge is -2.24. The fourth-order valence-corrected chi connectivity index (χ4v) is 2.33. The zero-order chi connectivity index (χ0) is 15.4. The van der Waals surface area contributed by atoms with E-state index >= 15 is 0 Å². The highest BCUT2D eigenvalue weighted by Gasteiger charge is 2.13. The largest absolute Gasteiger partial charge is 0.342 e. The average Bonchev–Trinajstić information content (AvgIpc) is 2.45. The second kappa shape index (κ2) is 6.92. The quantitative estimate of drug-likeness (QED) is 0.858. The summed E-state index contributed by atoms with van der Waals surface area (Å²) in [6.07, 6.45) is 0. The lowest BCUT2D eigenvalue weighted by molar-refractivity contribution is 0.588. The van der Waals surface area contributed by atoms with Gasteiger partial charge in [0.2, 0.25) is 0 Å². The first-order chi connectivity index (χ1) is 9.99. The third-order valence-electron chi connectivity index (χ3n) is 3.32. The van der Waals surface area contributed by atoms with Gasteiger partial charge in [-0.3, -0.25) is 0 Å². The third kappa shape index (κ3) is 3.96. The summed E-state index contributed by atoms with van der Waals surface area (Å²) in [6, 6.07) is 12.8. The molecule has 0 spiro atoms. The number of hydrogen-bond donors (Lipinski definition) is 1. The fraction of sp³-hybridized carbons (Fsp3) is 0.294. The van der Waals surface area contributed by atoms with Crippen LogP contribution >= 0.6 is 11.6 Å². The molecule has 2 aromatic carbocycles. The zero-order valence-electron chi connectivity index (χ0n) is 12.5. The molecular formula is C17H20ClFN2. The van der Waals surface area contributed by atoms with Crippen LogP contribution in [-0.4, -0.2) is 13.1 Å². The van der Waals surface area contributed by atoms with E-state index in [1.54, 1.807) is 12.1 Å². The molecule has 0 radical (unpaired) electrons. The topological polar surface area (TPSA) is 15.3 Å². The summed E-state index contributed by atoms with van der Waals surface area (Å²) in [4.78, 5) is 1.83. The Morgan fingerprint density at radius 3 is 2.52 bits per heavy atom. The van der Waals surface area contributed by atoms with E-state index in [9.17, 15) is 4.39 Å². The molecule has 2 aromatic rings. The highest BCUT2D eigenvalue weighted by molar-refractivity contribution is 6.30. The molecule has 0 unspecified atom stereocenters. The van der Waals surface area contributed by atoms with Gasteiger partial charge >= 0.3 is 0 Å². The summed E-state index contributed by atoms with van der Waals surface area (Å²) in [5.74, 6) is -0.247. The minimum atomic E-state index is -0.247. The summed E-state index contributed by atoms with van der Waals surface area (Å²) < 4.78 is 14.0. The van der Waals surface area contributed by atoms with Crippen molar-refractivity contribution < 1.29 is 4.39 Å². The first kappa shape index (κ1) is 15.8. The Balaban J connectivity index is 2.37. The highest BCUT2D eigenvalue weighted by Crippen LogP contribution is 2.31. The number of hydrogen-bond acceptors (Lipinski definition) is 2. The predicted molar refractivity (Wildman–Crippen MR) is 87.9 cm³/mol. The number of para-hydroxylation sites is 1. The van der Waals surface area contributed by atoms with Crippen molar-refractivity contribution in [2.75, 3.05) is 11.9 Å². The van der Waals surface area contributed by atoms with Gasteiger partial charge in [0.25, 0.3) is 0 Å². The van der Waals surface area contributed by atoms with Crippen LogP contribution in [-0.2, 0) is 6.54 Å². The number of nitrogens with zero attached hydrogens (tertiary/aromatic N) is 1. The molecule has 2 rings (SSSR count). The summed E-state index contributed by atoms with van der Waals surface area (Å²) in [5, 5.41) is 4.02. The zero-order valence-corrected chi connectivity index (χ0v) is 13.3. The molecule has 2 nitrogen and oxygen atoms in total. The van der Waals surface area contributed by atoms with E-state index in [-0.39, 0.29) is 5.82 Å². The van der Waals surface area contributed by atoms with Crippen molar-refractivity contribution >= 4 is 23.0 Å². The Labute approximate surface area is 130 Å². The van der Waals surface area contributed by atoms with E-state index in [0.29, 0.717) is 23.3 Å². The minimum Gasteiger partial charge on any atom is -0.342 e. The van der Waals surface area contributed by atoms with E-state index in [0.717, 1.165) is 11.3 Å². The Bertz CT molecular complexity index is 613. The maximum Gasteiger partial charge on any atom is 0.146 e. The number of nitrogens with one attached hydrogen (secondary N) is 1. The number of rotatable bonds is 5. The van der Waals surface area contributed by atoms with Gasteiger partial charge in [-0.05, 0) is 29.8 Å². The lowest BCUT2D eigenvalue weighted by atomic mass is 10.1. The van der Waals surface area contributed by atoms with Crippen LogP contribution in [0.25, 0.3) is 0 Å². The Hall–Kier alpha value is -1.58. The molecule has 0 aliphatic heterocycles.